The molecule has 5 rings (SSSR count). The smallest absolute Gasteiger partial charge is 0.0434 e. The zero-order chi connectivity index (χ0) is 26.6. The third-order valence-corrected chi connectivity index (χ3v) is 9.36. The first-order valence-corrected chi connectivity index (χ1v) is 15.7. The molecular formula is C34H46S2. The highest BCUT2D eigenvalue weighted by Gasteiger charge is 2.25. The second-order valence-electron chi connectivity index (χ2n) is 10.4. The van der Waals surface area contributed by atoms with E-state index in [1.807, 2.05) is 36.5 Å². The average molecular weight is 519 g/mol. The Balaban J connectivity index is 0.000000674. The van der Waals surface area contributed by atoms with Gasteiger partial charge < -0.3 is 0 Å². The first-order chi connectivity index (χ1) is 17.3. The maximum absolute atomic E-state index is 2.51. The number of fused-ring (bicyclic) bond motifs is 2. The van der Waals surface area contributed by atoms with Gasteiger partial charge in [-0.1, -0.05) is 104 Å². The lowest BCUT2D eigenvalue weighted by atomic mass is 9.90. The van der Waals surface area contributed by atoms with Gasteiger partial charge in [-0.3, -0.25) is 0 Å². The Morgan fingerprint density at radius 1 is 0.722 bits per heavy atom. The summed E-state index contributed by atoms with van der Waals surface area (Å²) in [7, 11) is 0. The molecule has 0 saturated carbocycles. The van der Waals surface area contributed by atoms with E-state index >= 15 is 0 Å². The number of rotatable bonds is 5. The molecule has 0 nitrogen and oxygen atoms in total. The molecule has 0 N–H and O–H groups in total. The third-order valence-electron chi connectivity index (χ3n) is 6.84. The van der Waals surface area contributed by atoms with Crippen LogP contribution in [0.15, 0.2) is 47.6 Å². The summed E-state index contributed by atoms with van der Waals surface area (Å²) in [5, 5.41) is 2.95. The van der Waals surface area contributed by atoms with Gasteiger partial charge in [-0.25, -0.2) is 0 Å². The molecule has 0 atom stereocenters. The monoisotopic (exact) mass is 518 g/mol. The van der Waals surface area contributed by atoms with E-state index in [9.17, 15) is 0 Å². The summed E-state index contributed by atoms with van der Waals surface area (Å²) in [6.45, 7) is 22.1. The standard InChI is InChI=1S/C29H32S2.C3H8.C2H6/c1-7-19-8-9-21(13-19)26-24-15-25(17(4)5)31-29(24)27(23-12-18(6)30-28(23)26)22-11-10-20(14-22)16(2)3;1-3-2;1-2/h8-12,15-17H,7,13-14H2,1-6H3;3H2,1-2H3;1-2H3. The molecule has 0 amide bonds. The Kier molecular flexibility index (Phi) is 10.0. The van der Waals surface area contributed by atoms with Crippen LogP contribution in [0.4, 0.5) is 0 Å². The van der Waals surface area contributed by atoms with Crippen LogP contribution in [0.5, 0.6) is 0 Å². The van der Waals surface area contributed by atoms with E-state index in [4.69, 9.17) is 0 Å². The van der Waals surface area contributed by atoms with E-state index in [0.29, 0.717) is 11.8 Å². The molecule has 0 spiro atoms. The van der Waals surface area contributed by atoms with Crippen LogP contribution in [0, 0.1) is 12.8 Å². The van der Waals surface area contributed by atoms with Crippen LogP contribution in [0.3, 0.4) is 0 Å². The molecule has 0 fully saturated rings. The zero-order valence-corrected chi connectivity index (χ0v) is 25.9. The quantitative estimate of drug-likeness (QED) is 0.315. The lowest BCUT2D eigenvalue weighted by Crippen LogP contribution is -1.94. The van der Waals surface area contributed by atoms with Crippen LogP contribution < -0.4 is 0 Å². The summed E-state index contributed by atoms with van der Waals surface area (Å²) in [4.78, 5) is 2.92. The molecule has 194 valence electrons. The van der Waals surface area contributed by atoms with E-state index < -0.39 is 0 Å². The SMILES string of the molecule is CC.CCC.CCC1=CC=C(c2c3cc(C(C)C)sc3c(C3=CC=C(C(C)C)C3)c3cc(C)sc23)C1. The topological polar surface area (TPSA) is 0 Å². The van der Waals surface area contributed by atoms with Gasteiger partial charge in [-0.05, 0) is 61.3 Å². The van der Waals surface area contributed by atoms with Gasteiger partial charge in [0.05, 0.1) is 0 Å². The van der Waals surface area contributed by atoms with Crippen molar-refractivity contribution < 1.29 is 0 Å². The van der Waals surface area contributed by atoms with E-state index in [0.717, 1.165) is 19.3 Å². The van der Waals surface area contributed by atoms with Crippen molar-refractivity contribution >= 4 is 54.0 Å². The van der Waals surface area contributed by atoms with Crippen LogP contribution >= 0.6 is 22.7 Å². The van der Waals surface area contributed by atoms with Crippen molar-refractivity contribution in [1.82, 2.24) is 0 Å². The molecule has 0 bridgehead atoms. The van der Waals surface area contributed by atoms with E-state index in [1.54, 1.807) is 11.1 Å². The van der Waals surface area contributed by atoms with Crippen molar-refractivity contribution in [1.29, 1.82) is 0 Å². The van der Waals surface area contributed by atoms with Crippen LogP contribution in [0.1, 0.15) is 115 Å². The summed E-state index contributed by atoms with van der Waals surface area (Å²) in [6.07, 6.45) is 14.1. The van der Waals surface area contributed by atoms with Crippen LogP contribution in [0.25, 0.3) is 31.3 Å². The van der Waals surface area contributed by atoms with E-state index in [2.05, 4.69) is 91.8 Å². The highest BCUT2D eigenvalue weighted by Crippen LogP contribution is 2.50. The van der Waals surface area contributed by atoms with Crippen molar-refractivity contribution in [3.05, 3.63) is 68.5 Å². The first kappa shape index (κ1) is 28.7. The van der Waals surface area contributed by atoms with Gasteiger partial charge in [0, 0.05) is 41.1 Å². The highest BCUT2D eigenvalue weighted by atomic mass is 32.1. The number of aryl methyl sites for hydroxylation is 1. The van der Waals surface area contributed by atoms with E-state index in [-0.39, 0.29) is 0 Å². The largest absolute Gasteiger partial charge is 0.140 e. The van der Waals surface area contributed by atoms with Crippen molar-refractivity contribution in [3.8, 4) is 0 Å². The van der Waals surface area contributed by atoms with Gasteiger partial charge in [0.2, 0.25) is 0 Å². The van der Waals surface area contributed by atoms with Crippen LogP contribution in [-0.4, -0.2) is 0 Å². The minimum absolute atomic E-state index is 0.557. The summed E-state index contributed by atoms with van der Waals surface area (Å²) < 4.78 is 2.99. The lowest BCUT2D eigenvalue weighted by Gasteiger charge is -2.15. The predicted octanol–water partition coefficient (Wildman–Crippen LogP) is 12.5. The van der Waals surface area contributed by atoms with Gasteiger partial charge >= 0.3 is 0 Å². The normalized spacial score (nSPS) is 15.0. The van der Waals surface area contributed by atoms with Gasteiger partial charge in [-0.15, -0.1) is 22.7 Å². The van der Waals surface area contributed by atoms with Gasteiger partial charge in [-0.2, -0.15) is 0 Å². The molecule has 2 aromatic heterocycles. The molecule has 3 aromatic rings. The Morgan fingerprint density at radius 2 is 1.28 bits per heavy atom. The fraction of sp³-hybridized carbons (Fsp3) is 0.471. The molecule has 2 aliphatic rings. The highest BCUT2D eigenvalue weighted by molar-refractivity contribution is 7.21. The number of allylic oxidation sites excluding steroid dienone is 8. The molecule has 2 aliphatic carbocycles. The molecular weight excluding hydrogens is 473 g/mol. The number of hydrogen-bond acceptors (Lipinski definition) is 2. The van der Waals surface area contributed by atoms with Crippen molar-refractivity contribution in [2.24, 2.45) is 5.92 Å². The van der Waals surface area contributed by atoms with Gasteiger partial charge in [0.25, 0.3) is 0 Å². The Bertz CT molecular complexity index is 1330. The summed E-state index contributed by atoms with van der Waals surface area (Å²) in [5.74, 6) is 1.17. The molecule has 1 aromatic carbocycles. The minimum Gasteiger partial charge on any atom is -0.140 e. The number of hydrogen-bond donors (Lipinski definition) is 0. The molecule has 36 heavy (non-hydrogen) atoms. The number of thiophene rings is 2. The molecule has 0 saturated heterocycles. The molecule has 0 aliphatic heterocycles. The van der Waals surface area contributed by atoms with Crippen molar-refractivity contribution in [2.75, 3.05) is 0 Å². The Labute approximate surface area is 228 Å². The fourth-order valence-electron chi connectivity index (χ4n) is 4.94. The van der Waals surface area contributed by atoms with Crippen molar-refractivity contribution in [3.63, 3.8) is 0 Å². The van der Waals surface area contributed by atoms with E-state index in [1.165, 1.54) is 58.6 Å². The minimum atomic E-state index is 0.557. The van der Waals surface area contributed by atoms with Crippen molar-refractivity contribution in [2.45, 2.75) is 101 Å². The summed E-state index contributed by atoms with van der Waals surface area (Å²) in [6, 6.07) is 4.96. The second-order valence-corrected chi connectivity index (χ2v) is 12.8. The Hall–Kier alpha value is -1.90. The number of benzene rings is 1. The van der Waals surface area contributed by atoms with Crippen LogP contribution in [0.2, 0.25) is 0 Å². The third kappa shape index (κ3) is 5.65. The first-order valence-electron chi connectivity index (χ1n) is 14.1. The maximum atomic E-state index is 2.51. The maximum Gasteiger partial charge on any atom is 0.0434 e. The Morgan fingerprint density at radius 3 is 1.81 bits per heavy atom. The molecule has 0 unspecified atom stereocenters. The second kappa shape index (κ2) is 12.6. The van der Waals surface area contributed by atoms with Crippen LogP contribution in [-0.2, 0) is 0 Å². The average Bonchev–Trinajstić information content (AvgIpc) is 3.64. The lowest BCUT2D eigenvalue weighted by molar-refractivity contribution is 0.756. The molecule has 2 heteroatoms. The fourth-order valence-corrected chi connectivity index (χ4v) is 7.32. The van der Waals surface area contributed by atoms with Gasteiger partial charge in [0.1, 0.15) is 0 Å². The zero-order valence-electron chi connectivity index (χ0n) is 24.3. The molecule has 0 radical (unpaired) electrons. The van der Waals surface area contributed by atoms with Gasteiger partial charge in [0.15, 0.2) is 0 Å². The predicted molar refractivity (Wildman–Crippen MR) is 170 cm³/mol. The summed E-state index contributed by atoms with van der Waals surface area (Å²) in [5.41, 5.74) is 9.14. The molecule has 2 heterocycles. The summed E-state index contributed by atoms with van der Waals surface area (Å²) >= 11 is 4.01.